The number of carboxylic acid groups (broad SMARTS) is 1. The molecule has 1 heterocycles. The summed E-state index contributed by atoms with van der Waals surface area (Å²) in [5.74, 6) is -0.989. The molecule has 2 rings (SSSR count). The van der Waals surface area contributed by atoms with Gasteiger partial charge in [0, 0.05) is 4.88 Å². The molecule has 0 aliphatic carbocycles. The van der Waals surface area contributed by atoms with E-state index in [1.165, 1.54) is 23.5 Å². The van der Waals surface area contributed by atoms with Crippen molar-refractivity contribution in [2.75, 3.05) is 0 Å². The molecule has 0 fully saturated rings. The van der Waals surface area contributed by atoms with E-state index in [0.717, 1.165) is 11.3 Å². The molecule has 100 valence electrons. The molecule has 1 N–H and O–H groups in total. The summed E-state index contributed by atoms with van der Waals surface area (Å²) in [7, 11) is 0. The molecule has 19 heavy (non-hydrogen) atoms. The van der Waals surface area contributed by atoms with Gasteiger partial charge < -0.3 is 9.84 Å². The first-order valence-electron chi connectivity index (χ1n) is 5.83. The van der Waals surface area contributed by atoms with Crippen molar-refractivity contribution in [3.05, 3.63) is 51.5 Å². The monoisotopic (exact) mass is 280 g/mol. The van der Waals surface area contributed by atoms with Gasteiger partial charge in [0.15, 0.2) is 4.88 Å². The van der Waals surface area contributed by atoms with Crippen molar-refractivity contribution < 1.29 is 19.0 Å². The van der Waals surface area contributed by atoms with Gasteiger partial charge in [0.05, 0.1) is 0 Å². The number of benzene rings is 1. The van der Waals surface area contributed by atoms with Crippen LogP contribution in [0.25, 0.3) is 0 Å². The first kappa shape index (κ1) is 13.5. The van der Waals surface area contributed by atoms with E-state index < -0.39 is 5.97 Å². The van der Waals surface area contributed by atoms with Crippen molar-refractivity contribution >= 4 is 17.3 Å². The predicted molar refractivity (Wildman–Crippen MR) is 71.4 cm³/mol. The third-order valence-corrected chi connectivity index (χ3v) is 3.82. The molecule has 0 aliphatic rings. The topological polar surface area (TPSA) is 46.5 Å². The van der Waals surface area contributed by atoms with Crippen molar-refractivity contribution in [1.82, 2.24) is 0 Å². The Morgan fingerprint density at radius 3 is 2.84 bits per heavy atom. The van der Waals surface area contributed by atoms with E-state index in [1.54, 1.807) is 18.2 Å². The van der Waals surface area contributed by atoms with Gasteiger partial charge in [-0.15, -0.1) is 11.3 Å². The predicted octanol–water partition coefficient (Wildman–Crippen LogP) is 3.73. The third-order valence-electron chi connectivity index (χ3n) is 2.58. The van der Waals surface area contributed by atoms with Crippen LogP contribution in [0.4, 0.5) is 4.39 Å². The average Bonchev–Trinajstić information content (AvgIpc) is 2.80. The van der Waals surface area contributed by atoms with Gasteiger partial charge in [0.25, 0.3) is 0 Å². The quantitative estimate of drug-likeness (QED) is 0.907. The molecule has 0 saturated carbocycles. The van der Waals surface area contributed by atoms with Gasteiger partial charge in [0.2, 0.25) is 0 Å². The molecule has 5 heteroatoms. The van der Waals surface area contributed by atoms with Gasteiger partial charge in [-0.05, 0) is 30.2 Å². The zero-order chi connectivity index (χ0) is 13.8. The van der Waals surface area contributed by atoms with E-state index in [2.05, 4.69) is 0 Å². The highest BCUT2D eigenvalue weighted by Gasteiger charge is 2.16. The Bertz CT molecular complexity index is 592. The Balaban J connectivity index is 2.14. The van der Waals surface area contributed by atoms with Crippen LogP contribution in [-0.4, -0.2) is 11.1 Å². The van der Waals surface area contributed by atoms with Gasteiger partial charge in [-0.2, -0.15) is 0 Å². The molecule has 0 unspecified atom stereocenters. The van der Waals surface area contributed by atoms with Gasteiger partial charge in [0.1, 0.15) is 18.2 Å². The number of hydrogen-bond acceptors (Lipinski definition) is 3. The maximum absolute atomic E-state index is 13.0. The maximum Gasteiger partial charge on any atom is 0.349 e. The maximum atomic E-state index is 13.0. The van der Waals surface area contributed by atoms with Gasteiger partial charge in [-0.25, -0.2) is 9.18 Å². The summed E-state index contributed by atoms with van der Waals surface area (Å²) in [5, 5.41) is 9.09. The Labute approximate surface area is 114 Å². The summed E-state index contributed by atoms with van der Waals surface area (Å²) in [6, 6.07) is 7.78. The highest BCUT2D eigenvalue weighted by Crippen LogP contribution is 2.30. The smallest absolute Gasteiger partial charge is 0.349 e. The summed E-state index contributed by atoms with van der Waals surface area (Å²) in [6.45, 7) is 2.10. The van der Waals surface area contributed by atoms with Crippen LogP contribution in [0.2, 0.25) is 0 Å². The fraction of sp³-hybridized carbons (Fsp3) is 0.214. The van der Waals surface area contributed by atoms with Crippen LogP contribution in [0.5, 0.6) is 5.75 Å². The number of carboxylic acids is 1. The molecule has 0 atom stereocenters. The Morgan fingerprint density at radius 1 is 1.42 bits per heavy atom. The number of carbonyl (C=O) groups is 1. The second kappa shape index (κ2) is 5.84. The molecule has 0 radical (unpaired) electrons. The van der Waals surface area contributed by atoms with Crippen molar-refractivity contribution in [1.29, 1.82) is 0 Å². The van der Waals surface area contributed by atoms with Crippen molar-refractivity contribution in [3.8, 4) is 5.75 Å². The number of thiophene rings is 1. The lowest BCUT2D eigenvalue weighted by atomic mass is 10.2. The van der Waals surface area contributed by atoms with E-state index in [4.69, 9.17) is 9.84 Å². The van der Waals surface area contributed by atoms with Crippen LogP contribution in [0.15, 0.2) is 30.3 Å². The zero-order valence-electron chi connectivity index (χ0n) is 10.4. The lowest BCUT2D eigenvalue weighted by Gasteiger charge is -2.05. The fourth-order valence-corrected chi connectivity index (χ4v) is 2.52. The minimum atomic E-state index is -1.00. The molecule has 0 saturated heterocycles. The van der Waals surface area contributed by atoms with Crippen LogP contribution in [-0.2, 0) is 13.0 Å². The molecule has 0 spiro atoms. The van der Waals surface area contributed by atoms with E-state index in [0.29, 0.717) is 11.3 Å². The molecule has 0 bridgehead atoms. The SMILES string of the molecule is CCc1cc(OCc2cccc(F)c2)c(C(=O)O)s1. The molecular weight excluding hydrogens is 267 g/mol. The molecule has 1 aromatic carbocycles. The lowest BCUT2D eigenvalue weighted by Crippen LogP contribution is -2.00. The van der Waals surface area contributed by atoms with Crippen LogP contribution in [0.3, 0.4) is 0 Å². The van der Waals surface area contributed by atoms with E-state index in [-0.39, 0.29) is 17.3 Å². The van der Waals surface area contributed by atoms with Crippen molar-refractivity contribution in [2.24, 2.45) is 0 Å². The van der Waals surface area contributed by atoms with Gasteiger partial charge in [-0.3, -0.25) is 0 Å². The molecule has 0 amide bonds. The summed E-state index contributed by atoms with van der Waals surface area (Å²) in [4.78, 5) is 12.2. The van der Waals surface area contributed by atoms with Crippen LogP contribution < -0.4 is 4.74 Å². The number of ether oxygens (including phenoxy) is 1. The molecule has 1 aromatic heterocycles. The molecule has 3 nitrogen and oxygen atoms in total. The van der Waals surface area contributed by atoms with Crippen LogP contribution in [0.1, 0.15) is 27.0 Å². The van der Waals surface area contributed by atoms with Gasteiger partial charge >= 0.3 is 5.97 Å². The normalized spacial score (nSPS) is 10.4. The van der Waals surface area contributed by atoms with E-state index >= 15 is 0 Å². The third kappa shape index (κ3) is 3.32. The minimum Gasteiger partial charge on any atom is -0.487 e. The molecule has 0 aliphatic heterocycles. The van der Waals surface area contributed by atoms with E-state index in [9.17, 15) is 9.18 Å². The summed E-state index contributed by atoms with van der Waals surface area (Å²) < 4.78 is 18.5. The van der Waals surface area contributed by atoms with Crippen LogP contribution in [0, 0.1) is 5.82 Å². The standard InChI is InChI=1S/C14H13FO3S/c1-2-11-7-12(13(19-11)14(16)17)18-8-9-4-3-5-10(15)6-9/h3-7H,2,8H2,1H3,(H,16,17). The first-order valence-corrected chi connectivity index (χ1v) is 6.65. The first-order chi connectivity index (χ1) is 9.10. The highest BCUT2D eigenvalue weighted by atomic mass is 32.1. The number of rotatable bonds is 5. The Morgan fingerprint density at radius 2 is 2.21 bits per heavy atom. The average molecular weight is 280 g/mol. The largest absolute Gasteiger partial charge is 0.487 e. The lowest BCUT2D eigenvalue weighted by molar-refractivity contribution is 0.0697. The number of aryl methyl sites for hydroxylation is 1. The minimum absolute atomic E-state index is 0.151. The second-order valence-corrected chi connectivity index (χ2v) is 5.12. The van der Waals surface area contributed by atoms with Crippen molar-refractivity contribution in [2.45, 2.75) is 20.0 Å². The summed E-state index contributed by atoms with van der Waals surface area (Å²) in [6.07, 6.45) is 0.758. The van der Waals surface area contributed by atoms with Gasteiger partial charge in [-0.1, -0.05) is 19.1 Å². The molecular formula is C14H13FO3S. The van der Waals surface area contributed by atoms with Crippen LogP contribution >= 0.6 is 11.3 Å². The van der Waals surface area contributed by atoms with E-state index in [1.807, 2.05) is 6.92 Å². The fourth-order valence-electron chi connectivity index (χ4n) is 1.64. The number of halogens is 1. The number of aromatic carboxylic acids is 1. The highest BCUT2D eigenvalue weighted by molar-refractivity contribution is 7.14. The summed E-state index contributed by atoms with van der Waals surface area (Å²) >= 11 is 1.21. The molecule has 2 aromatic rings. The second-order valence-electron chi connectivity index (χ2n) is 3.98. The summed E-state index contributed by atoms with van der Waals surface area (Å²) in [5.41, 5.74) is 0.667. The van der Waals surface area contributed by atoms with Crippen molar-refractivity contribution in [3.63, 3.8) is 0 Å². The Hall–Kier alpha value is -1.88. The zero-order valence-corrected chi connectivity index (χ0v) is 11.2. The Kier molecular flexibility index (Phi) is 4.16. The number of hydrogen-bond donors (Lipinski definition) is 1.